The standard InChI is InChI=1S/C27H46O4Si/c1-7-10-15-32(16-11-8-2,17-12-9-3)31-24-22-20(4)27(13-14-27)26(6,30)23(29)21(22)18-25(24,5)19-28/h18,24,28,30H,7-17,19H2,1-6H3/t24-,25?,26+/m1/s1. The highest BCUT2D eigenvalue weighted by Gasteiger charge is 2.67. The molecule has 5 heteroatoms. The molecular formula is C27H46O4Si. The molecule has 0 bridgehead atoms. The van der Waals surface area contributed by atoms with E-state index in [0.717, 1.165) is 61.4 Å². The predicted octanol–water partition coefficient (Wildman–Crippen LogP) is 6.09. The summed E-state index contributed by atoms with van der Waals surface area (Å²) in [5.41, 5.74) is 0.298. The topological polar surface area (TPSA) is 66.8 Å². The van der Waals surface area contributed by atoms with Crippen molar-refractivity contribution in [3.63, 3.8) is 0 Å². The Morgan fingerprint density at radius 3 is 1.94 bits per heavy atom. The Hall–Kier alpha value is -0.753. The predicted molar refractivity (Wildman–Crippen MR) is 133 cm³/mol. The fraction of sp³-hybridized carbons (Fsp3) is 0.815. The SMILES string of the molecule is CCCC[Si](CCCC)(CCCC)O[C@@H]1C2=C(C)C3(CC3)[C@@](C)(O)C(=O)C2=CC1(C)CO. The van der Waals surface area contributed by atoms with Gasteiger partial charge in [-0.2, -0.15) is 0 Å². The summed E-state index contributed by atoms with van der Waals surface area (Å²) in [7, 11) is -2.07. The maximum absolute atomic E-state index is 13.5. The molecule has 2 N–H and O–H groups in total. The van der Waals surface area contributed by atoms with Crippen LogP contribution in [0.1, 0.15) is 92.9 Å². The first-order chi connectivity index (χ1) is 15.1. The van der Waals surface area contributed by atoms with E-state index in [1.807, 2.05) is 13.0 Å². The third-order valence-corrected chi connectivity index (χ3v) is 13.3. The molecular weight excluding hydrogens is 416 g/mol. The van der Waals surface area contributed by atoms with Crippen molar-refractivity contribution >= 4 is 14.1 Å². The molecule has 0 aromatic heterocycles. The fourth-order valence-corrected chi connectivity index (χ4v) is 11.2. The van der Waals surface area contributed by atoms with E-state index in [0.29, 0.717) is 5.57 Å². The number of aliphatic hydroxyl groups excluding tert-OH is 1. The van der Waals surface area contributed by atoms with Crippen LogP contribution in [0.15, 0.2) is 22.8 Å². The molecule has 0 aromatic rings. The van der Waals surface area contributed by atoms with E-state index in [1.54, 1.807) is 6.92 Å². The van der Waals surface area contributed by atoms with Gasteiger partial charge in [0.25, 0.3) is 0 Å². The Balaban J connectivity index is 2.08. The number of Topliss-reactive ketones (excluding diaryl/α,β-unsaturated/α-hetero) is 1. The monoisotopic (exact) mass is 462 g/mol. The Morgan fingerprint density at radius 1 is 1.03 bits per heavy atom. The van der Waals surface area contributed by atoms with Crippen molar-refractivity contribution in [2.75, 3.05) is 6.61 Å². The summed E-state index contributed by atoms with van der Waals surface area (Å²) in [6.45, 7) is 12.5. The molecule has 0 aliphatic heterocycles. The molecule has 1 saturated carbocycles. The van der Waals surface area contributed by atoms with Crippen molar-refractivity contribution in [1.29, 1.82) is 0 Å². The zero-order chi connectivity index (χ0) is 23.8. The Bertz CT molecular complexity index is 755. The summed E-state index contributed by atoms with van der Waals surface area (Å²) in [6, 6.07) is 3.46. The molecule has 0 amide bonds. The molecule has 4 nitrogen and oxygen atoms in total. The number of aliphatic hydroxyl groups is 2. The number of rotatable bonds is 12. The second-order valence-electron chi connectivity index (χ2n) is 11.2. The quantitative estimate of drug-likeness (QED) is 0.345. The molecule has 0 radical (unpaired) electrons. The van der Waals surface area contributed by atoms with Crippen LogP contribution in [0.25, 0.3) is 0 Å². The first kappa shape index (κ1) is 25.9. The first-order valence-electron chi connectivity index (χ1n) is 13.1. The largest absolute Gasteiger partial charge is 0.409 e. The summed E-state index contributed by atoms with van der Waals surface area (Å²) in [6.07, 6.45) is 10.4. The van der Waals surface area contributed by atoms with Gasteiger partial charge in [-0.1, -0.05) is 77.9 Å². The number of hydrogen-bond acceptors (Lipinski definition) is 4. The van der Waals surface area contributed by atoms with Gasteiger partial charge in [0, 0.05) is 16.4 Å². The van der Waals surface area contributed by atoms with Gasteiger partial charge in [-0.25, -0.2) is 0 Å². The Labute approximate surface area is 196 Å². The lowest BCUT2D eigenvalue weighted by Gasteiger charge is -2.44. The maximum atomic E-state index is 13.5. The zero-order valence-electron chi connectivity index (χ0n) is 21.4. The molecule has 0 heterocycles. The first-order valence-corrected chi connectivity index (χ1v) is 15.6. The molecule has 3 aliphatic rings. The third kappa shape index (κ3) is 4.12. The molecule has 1 fully saturated rings. The minimum Gasteiger partial charge on any atom is -0.409 e. The lowest BCUT2D eigenvalue weighted by atomic mass is 9.67. The van der Waals surface area contributed by atoms with Crippen molar-refractivity contribution in [3.8, 4) is 0 Å². The van der Waals surface area contributed by atoms with E-state index in [2.05, 4.69) is 27.7 Å². The summed E-state index contributed by atoms with van der Waals surface area (Å²) < 4.78 is 7.32. The minimum absolute atomic E-state index is 0.0554. The smallest absolute Gasteiger partial charge is 0.195 e. The van der Waals surface area contributed by atoms with E-state index in [1.165, 1.54) is 19.3 Å². The molecule has 1 unspecified atom stereocenters. The van der Waals surface area contributed by atoms with Crippen LogP contribution in [-0.2, 0) is 9.22 Å². The molecule has 0 saturated heterocycles. The highest BCUT2D eigenvalue weighted by Crippen LogP contribution is 2.66. The van der Waals surface area contributed by atoms with Crippen molar-refractivity contribution in [2.24, 2.45) is 10.8 Å². The maximum Gasteiger partial charge on any atom is 0.195 e. The minimum atomic E-state index is -2.07. The molecule has 32 heavy (non-hydrogen) atoms. The molecule has 0 aromatic carbocycles. The van der Waals surface area contributed by atoms with Gasteiger partial charge < -0.3 is 14.6 Å². The van der Waals surface area contributed by atoms with E-state index >= 15 is 0 Å². The fourth-order valence-electron chi connectivity index (χ4n) is 6.25. The van der Waals surface area contributed by atoms with Gasteiger partial charge in [0.05, 0.1) is 12.7 Å². The second kappa shape index (κ2) is 9.48. The normalized spacial score (nSPS) is 31.3. The van der Waals surface area contributed by atoms with Gasteiger partial charge in [0.15, 0.2) is 14.1 Å². The highest BCUT2D eigenvalue weighted by molar-refractivity contribution is 6.73. The van der Waals surface area contributed by atoms with E-state index in [-0.39, 0.29) is 18.5 Å². The average molecular weight is 463 g/mol. The van der Waals surface area contributed by atoms with Crippen LogP contribution >= 0.6 is 0 Å². The van der Waals surface area contributed by atoms with Gasteiger partial charge in [-0.15, -0.1) is 0 Å². The average Bonchev–Trinajstić information content (AvgIpc) is 3.54. The van der Waals surface area contributed by atoms with Crippen LogP contribution in [0.3, 0.4) is 0 Å². The van der Waals surface area contributed by atoms with Gasteiger partial charge >= 0.3 is 0 Å². The van der Waals surface area contributed by atoms with Crippen molar-refractivity contribution in [1.82, 2.24) is 0 Å². The number of ketones is 1. The number of unbranched alkanes of at least 4 members (excludes halogenated alkanes) is 3. The van der Waals surface area contributed by atoms with Crippen LogP contribution in [0.2, 0.25) is 18.1 Å². The summed E-state index contributed by atoms with van der Waals surface area (Å²) in [5.74, 6) is -0.177. The van der Waals surface area contributed by atoms with E-state index in [9.17, 15) is 15.0 Å². The number of carbonyl (C=O) groups excluding carboxylic acids is 1. The van der Waals surface area contributed by atoms with Crippen LogP contribution in [0, 0.1) is 10.8 Å². The second-order valence-corrected chi connectivity index (χ2v) is 15.3. The van der Waals surface area contributed by atoms with Gasteiger partial charge in [-0.05, 0) is 50.4 Å². The van der Waals surface area contributed by atoms with Crippen molar-refractivity contribution < 1.29 is 19.4 Å². The molecule has 1 spiro atoms. The molecule has 3 aliphatic carbocycles. The van der Waals surface area contributed by atoms with Crippen LogP contribution in [0.5, 0.6) is 0 Å². The van der Waals surface area contributed by atoms with Crippen LogP contribution < -0.4 is 0 Å². The van der Waals surface area contributed by atoms with Gasteiger partial charge in [0.2, 0.25) is 0 Å². The third-order valence-electron chi connectivity index (χ3n) is 8.78. The Kier molecular flexibility index (Phi) is 7.66. The summed E-state index contributed by atoms with van der Waals surface area (Å²) in [4.78, 5) is 13.5. The van der Waals surface area contributed by atoms with Crippen LogP contribution in [0.4, 0.5) is 0 Å². The number of carbonyl (C=O) groups is 1. The van der Waals surface area contributed by atoms with Crippen molar-refractivity contribution in [3.05, 3.63) is 22.8 Å². The number of hydrogen-bond donors (Lipinski definition) is 2. The zero-order valence-corrected chi connectivity index (χ0v) is 22.4. The molecule has 3 rings (SSSR count). The lowest BCUT2D eigenvalue weighted by Crippen LogP contribution is -2.52. The van der Waals surface area contributed by atoms with Gasteiger partial charge in [0.1, 0.15) is 5.60 Å². The highest BCUT2D eigenvalue weighted by atomic mass is 28.4. The number of fused-ring (bicyclic) bond motifs is 1. The van der Waals surface area contributed by atoms with Crippen molar-refractivity contribution in [2.45, 2.75) is 123 Å². The molecule has 3 atom stereocenters. The summed E-state index contributed by atoms with van der Waals surface area (Å²) in [5, 5.41) is 21.8. The summed E-state index contributed by atoms with van der Waals surface area (Å²) >= 11 is 0. The lowest BCUT2D eigenvalue weighted by molar-refractivity contribution is -0.137. The molecule has 182 valence electrons. The Morgan fingerprint density at radius 2 is 1.53 bits per heavy atom. The van der Waals surface area contributed by atoms with Gasteiger partial charge in [-0.3, -0.25) is 4.79 Å². The van der Waals surface area contributed by atoms with Crippen LogP contribution in [-0.4, -0.2) is 42.6 Å². The van der Waals surface area contributed by atoms with E-state index in [4.69, 9.17) is 4.43 Å². The van der Waals surface area contributed by atoms with E-state index < -0.39 is 24.7 Å².